The van der Waals surface area contributed by atoms with Crippen LogP contribution in [0.5, 0.6) is 0 Å². The molecule has 6 nitrogen and oxygen atoms in total. The molecule has 1 saturated carbocycles. The first-order valence-electron chi connectivity index (χ1n) is 8.10. The zero-order chi connectivity index (χ0) is 16.6. The van der Waals surface area contributed by atoms with Gasteiger partial charge in [0.1, 0.15) is 0 Å². The quantitative estimate of drug-likeness (QED) is 0.877. The molecule has 1 atom stereocenters. The fourth-order valence-corrected chi connectivity index (χ4v) is 3.65. The van der Waals surface area contributed by atoms with Gasteiger partial charge in [0, 0.05) is 25.7 Å². The Labute approximate surface area is 136 Å². The summed E-state index contributed by atoms with van der Waals surface area (Å²) < 4.78 is 0. The van der Waals surface area contributed by atoms with E-state index >= 15 is 0 Å². The molecule has 2 aliphatic rings. The lowest BCUT2D eigenvalue weighted by atomic mass is 9.88. The van der Waals surface area contributed by atoms with Crippen LogP contribution in [0.3, 0.4) is 0 Å². The molecule has 2 N–H and O–H groups in total. The fraction of sp³-hybridized carbons (Fsp3) is 0.529. The number of carbonyl (C=O) groups is 2. The van der Waals surface area contributed by atoms with E-state index in [1.165, 1.54) is 9.80 Å². The third-order valence-corrected chi connectivity index (χ3v) is 4.76. The number of aliphatic hydroxyl groups is 1. The first-order chi connectivity index (χ1) is 11.0. The van der Waals surface area contributed by atoms with Crippen molar-refractivity contribution in [3.05, 3.63) is 29.8 Å². The molecule has 1 aromatic rings. The molecule has 0 aromatic heterocycles. The van der Waals surface area contributed by atoms with Gasteiger partial charge in [-0.3, -0.25) is 9.69 Å². The Morgan fingerprint density at radius 2 is 1.91 bits per heavy atom. The molecule has 1 aliphatic carbocycles. The third-order valence-electron chi connectivity index (χ3n) is 4.76. The van der Waals surface area contributed by atoms with Gasteiger partial charge in [-0.05, 0) is 18.9 Å². The monoisotopic (exact) mass is 317 g/mol. The number of benzene rings is 1. The predicted molar refractivity (Wildman–Crippen MR) is 86.8 cm³/mol. The number of anilines is 1. The van der Waals surface area contributed by atoms with Crippen molar-refractivity contribution in [2.24, 2.45) is 0 Å². The highest BCUT2D eigenvalue weighted by molar-refractivity contribution is 6.01. The lowest BCUT2D eigenvalue weighted by Crippen LogP contribution is -2.64. The number of para-hydroxylation sites is 1. The number of hydrogen-bond acceptors (Lipinski definition) is 3. The van der Waals surface area contributed by atoms with E-state index in [0.29, 0.717) is 11.3 Å². The Morgan fingerprint density at radius 3 is 2.57 bits per heavy atom. The number of likely N-dealkylation sites (N-methyl/N-ethyl adjacent to an activating group) is 1. The number of amides is 3. The van der Waals surface area contributed by atoms with Crippen LogP contribution in [0, 0.1) is 0 Å². The number of hydrogen-bond donors (Lipinski definition) is 2. The Hall–Kier alpha value is -2.08. The molecule has 0 saturated heterocycles. The average Bonchev–Trinajstić information content (AvgIpc) is 2.55. The predicted octanol–water partition coefficient (Wildman–Crippen LogP) is 2.10. The summed E-state index contributed by atoms with van der Waals surface area (Å²) in [5.74, 6) is -0.495. The smallest absolute Gasteiger partial charge is 0.325 e. The van der Waals surface area contributed by atoms with Gasteiger partial charge in [0.05, 0.1) is 5.69 Å². The van der Waals surface area contributed by atoms with Gasteiger partial charge in [-0.2, -0.15) is 0 Å². The van der Waals surface area contributed by atoms with Crippen molar-refractivity contribution in [1.29, 1.82) is 0 Å². The van der Waals surface area contributed by atoms with Gasteiger partial charge in [-0.1, -0.05) is 37.5 Å². The summed E-state index contributed by atoms with van der Waals surface area (Å²) in [7, 11) is 3.18. The van der Waals surface area contributed by atoms with Gasteiger partial charge < -0.3 is 15.3 Å². The highest BCUT2D eigenvalue weighted by atomic mass is 16.3. The van der Waals surface area contributed by atoms with Crippen LogP contribution in [0.25, 0.3) is 0 Å². The van der Waals surface area contributed by atoms with E-state index in [2.05, 4.69) is 5.32 Å². The summed E-state index contributed by atoms with van der Waals surface area (Å²) in [6.07, 6.45) is 4.74. The maximum Gasteiger partial charge on any atom is 0.325 e. The lowest BCUT2D eigenvalue weighted by Gasteiger charge is -2.48. The van der Waals surface area contributed by atoms with Crippen LogP contribution in [-0.2, 0) is 10.5 Å². The summed E-state index contributed by atoms with van der Waals surface area (Å²) in [4.78, 5) is 28.2. The van der Waals surface area contributed by atoms with Crippen molar-refractivity contribution in [2.45, 2.75) is 43.9 Å². The maximum absolute atomic E-state index is 12.8. The summed E-state index contributed by atoms with van der Waals surface area (Å²) in [5, 5.41) is 14.2. The molecule has 1 heterocycles. The van der Waals surface area contributed by atoms with Crippen molar-refractivity contribution in [3.63, 3.8) is 0 Å². The number of carbonyl (C=O) groups excluding carboxylic acids is 2. The molecule has 1 unspecified atom stereocenters. The lowest BCUT2D eigenvalue weighted by molar-refractivity contribution is -0.174. The van der Waals surface area contributed by atoms with Crippen LogP contribution in [-0.4, -0.2) is 47.0 Å². The minimum absolute atomic E-state index is 0.133. The Kier molecular flexibility index (Phi) is 4.02. The zero-order valence-electron chi connectivity index (χ0n) is 13.6. The van der Waals surface area contributed by atoms with E-state index in [9.17, 15) is 14.7 Å². The molecular formula is C17H23N3O3. The second-order valence-corrected chi connectivity index (χ2v) is 6.51. The highest BCUT2D eigenvalue weighted by Gasteiger charge is 2.54. The van der Waals surface area contributed by atoms with Crippen LogP contribution in [0.1, 0.15) is 37.7 Å². The van der Waals surface area contributed by atoms with Crippen LogP contribution in [0.2, 0.25) is 0 Å². The zero-order valence-corrected chi connectivity index (χ0v) is 13.6. The highest BCUT2D eigenvalue weighted by Crippen LogP contribution is 2.41. The summed E-state index contributed by atoms with van der Waals surface area (Å²) in [5.41, 5.74) is -1.03. The fourth-order valence-electron chi connectivity index (χ4n) is 3.65. The van der Waals surface area contributed by atoms with E-state index in [-0.39, 0.29) is 6.04 Å². The van der Waals surface area contributed by atoms with Gasteiger partial charge in [0.2, 0.25) is 0 Å². The number of nitrogens with zero attached hydrogens (tertiary/aromatic N) is 2. The summed E-state index contributed by atoms with van der Waals surface area (Å²) in [6, 6.07) is 6.41. The molecule has 1 aromatic carbocycles. The van der Waals surface area contributed by atoms with Gasteiger partial charge >= 0.3 is 6.03 Å². The van der Waals surface area contributed by atoms with Gasteiger partial charge in [-0.25, -0.2) is 4.79 Å². The topological polar surface area (TPSA) is 72.9 Å². The van der Waals surface area contributed by atoms with Crippen molar-refractivity contribution in [1.82, 2.24) is 9.80 Å². The number of fused-ring (bicyclic) bond motifs is 1. The van der Waals surface area contributed by atoms with Crippen LogP contribution >= 0.6 is 0 Å². The Balaban J connectivity index is 2.13. The van der Waals surface area contributed by atoms with E-state index in [4.69, 9.17) is 0 Å². The normalized spacial score (nSPS) is 24.8. The average molecular weight is 317 g/mol. The van der Waals surface area contributed by atoms with E-state index in [0.717, 1.165) is 32.1 Å². The SMILES string of the molecule is CN(C)C(=O)C1(O)c2ccccc2NC(=O)N1C1CCCCC1. The molecule has 3 amide bonds. The van der Waals surface area contributed by atoms with Crippen molar-refractivity contribution >= 4 is 17.6 Å². The molecule has 1 fully saturated rings. The van der Waals surface area contributed by atoms with Crippen LogP contribution in [0.4, 0.5) is 10.5 Å². The van der Waals surface area contributed by atoms with Crippen molar-refractivity contribution in [2.75, 3.05) is 19.4 Å². The molecule has 3 rings (SSSR count). The Morgan fingerprint density at radius 1 is 1.26 bits per heavy atom. The minimum atomic E-state index is -1.95. The van der Waals surface area contributed by atoms with Crippen LogP contribution < -0.4 is 5.32 Å². The first kappa shape index (κ1) is 15.8. The molecular weight excluding hydrogens is 294 g/mol. The second kappa shape index (κ2) is 5.85. The third kappa shape index (κ3) is 2.47. The standard InChI is InChI=1S/C17H23N3O3/c1-19(2)15(21)17(23)13-10-6-7-11-14(13)18-16(22)20(17)12-8-4-3-5-9-12/h6-7,10-12,23H,3-5,8-9H2,1-2H3,(H,18,22). The van der Waals surface area contributed by atoms with Gasteiger partial charge in [0.15, 0.2) is 0 Å². The van der Waals surface area contributed by atoms with Crippen LogP contribution in [0.15, 0.2) is 24.3 Å². The molecule has 6 heteroatoms. The number of rotatable bonds is 2. The molecule has 1 aliphatic heterocycles. The molecule has 0 radical (unpaired) electrons. The van der Waals surface area contributed by atoms with Gasteiger partial charge in [-0.15, -0.1) is 0 Å². The number of urea groups is 1. The minimum Gasteiger partial charge on any atom is -0.359 e. The van der Waals surface area contributed by atoms with E-state index in [1.807, 2.05) is 0 Å². The van der Waals surface area contributed by atoms with Gasteiger partial charge in [0.25, 0.3) is 11.6 Å². The largest absolute Gasteiger partial charge is 0.359 e. The Bertz CT molecular complexity index is 625. The maximum atomic E-state index is 12.8. The van der Waals surface area contributed by atoms with E-state index in [1.54, 1.807) is 38.4 Å². The van der Waals surface area contributed by atoms with E-state index < -0.39 is 17.7 Å². The molecule has 0 spiro atoms. The molecule has 124 valence electrons. The summed E-state index contributed by atoms with van der Waals surface area (Å²) >= 11 is 0. The number of nitrogens with one attached hydrogen (secondary N) is 1. The summed E-state index contributed by atoms with van der Waals surface area (Å²) in [6.45, 7) is 0. The van der Waals surface area contributed by atoms with Crippen molar-refractivity contribution in [3.8, 4) is 0 Å². The van der Waals surface area contributed by atoms with Crippen molar-refractivity contribution < 1.29 is 14.7 Å². The first-order valence-corrected chi connectivity index (χ1v) is 8.10. The molecule has 0 bridgehead atoms. The molecule has 23 heavy (non-hydrogen) atoms. The second-order valence-electron chi connectivity index (χ2n) is 6.51.